The molecule has 0 fully saturated rings. The van der Waals surface area contributed by atoms with Gasteiger partial charge in [-0.2, -0.15) is 0 Å². The molecule has 0 aliphatic heterocycles. The number of aromatic nitrogens is 1. The Balaban J connectivity index is 2.17. The molecule has 1 aromatic carbocycles. The van der Waals surface area contributed by atoms with Gasteiger partial charge in [0.2, 0.25) is 0 Å². The normalized spacial score (nSPS) is 12.3. The van der Waals surface area contributed by atoms with Crippen LogP contribution in [0.3, 0.4) is 0 Å². The van der Waals surface area contributed by atoms with E-state index >= 15 is 0 Å². The zero-order valence-corrected chi connectivity index (χ0v) is 12.2. The van der Waals surface area contributed by atoms with Crippen LogP contribution in [-0.2, 0) is 0 Å². The van der Waals surface area contributed by atoms with Crippen LogP contribution in [0.4, 0.5) is 0 Å². The number of nitrogens with one attached hydrogen (secondary N) is 1. The van der Waals surface area contributed by atoms with Gasteiger partial charge in [-0.3, -0.25) is 0 Å². The number of hydrogen-bond donors (Lipinski definition) is 1. The van der Waals surface area contributed by atoms with Crippen molar-refractivity contribution in [3.63, 3.8) is 0 Å². The lowest BCUT2D eigenvalue weighted by Gasteiger charge is -2.17. The molecule has 0 radical (unpaired) electrons. The molecule has 1 N–H and O–H groups in total. The first-order valence-corrected chi connectivity index (χ1v) is 7.63. The Labute approximate surface area is 118 Å². The van der Waals surface area contributed by atoms with Crippen molar-refractivity contribution in [1.82, 2.24) is 10.3 Å². The molecule has 1 atom stereocenters. The lowest BCUT2D eigenvalue weighted by molar-refractivity contribution is 0.340. The SMILES string of the molecule is CCCNC(c1ccc(OCC)cc1)c1cscn1. The number of benzene rings is 1. The molecule has 1 heterocycles. The third-order valence-corrected chi connectivity index (χ3v) is 3.47. The highest BCUT2D eigenvalue weighted by Gasteiger charge is 2.15. The fraction of sp³-hybridized carbons (Fsp3) is 0.400. The molecule has 0 spiro atoms. The van der Waals surface area contributed by atoms with E-state index in [1.54, 1.807) is 11.3 Å². The number of hydrogen-bond acceptors (Lipinski definition) is 4. The molecule has 1 unspecified atom stereocenters. The first kappa shape index (κ1) is 14.0. The molecule has 0 aliphatic carbocycles. The highest BCUT2D eigenvalue weighted by atomic mass is 32.1. The van der Waals surface area contributed by atoms with Gasteiger partial charge in [-0.05, 0) is 37.6 Å². The molecule has 2 rings (SSSR count). The highest BCUT2D eigenvalue weighted by molar-refractivity contribution is 7.07. The maximum atomic E-state index is 5.48. The number of ether oxygens (including phenoxy) is 1. The standard InChI is InChI=1S/C15H20N2OS/c1-3-9-16-15(14-10-19-11-17-14)12-5-7-13(8-6-12)18-4-2/h5-8,10-11,15-16H,3-4,9H2,1-2H3. The molecular weight excluding hydrogens is 256 g/mol. The lowest BCUT2D eigenvalue weighted by Crippen LogP contribution is -2.23. The van der Waals surface area contributed by atoms with Crippen LogP contribution in [0.5, 0.6) is 5.75 Å². The summed E-state index contributed by atoms with van der Waals surface area (Å²) >= 11 is 1.63. The predicted molar refractivity (Wildman–Crippen MR) is 79.9 cm³/mol. The van der Waals surface area contributed by atoms with Gasteiger partial charge in [0, 0.05) is 5.38 Å². The van der Waals surface area contributed by atoms with Crippen LogP contribution in [-0.4, -0.2) is 18.1 Å². The van der Waals surface area contributed by atoms with E-state index in [0.29, 0.717) is 6.61 Å². The molecule has 0 saturated heterocycles. The molecule has 0 aliphatic rings. The van der Waals surface area contributed by atoms with E-state index in [1.165, 1.54) is 5.56 Å². The van der Waals surface area contributed by atoms with E-state index in [9.17, 15) is 0 Å². The predicted octanol–water partition coefficient (Wildman–Crippen LogP) is 3.63. The van der Waals surface area contributed by atoms with Gasteiger partial charge in [-0.25, -0.2) is 4.98 Å². The van der Waals surface area contributed by atoms with Crippen LogP contribution < -0.4 is 10.1 Å². The monoisotopic (exact) mass is 276 g/mol. The van der Waals surface area contributed by atoms with E-state index in [0.717, 1.165) is 24.4 Å². The van der Waals surface area contributed by atoms with E-state index < -0.39 is 0 Å². The molecule has 19 heavy (non-hydrogen) atoms. The summed E-state index contributed by atoms with van der Waals surface area (Å²) < 4.78 is 5.48. The van der Waals surface area contributed by atoms with Gasteiger partial charge in [0.15, 0.2) is 0 Å². The van der Waals surface area contributed by atoms with Crippen LogP contribution in [0, 0.1) is 0 Å². The van der Waals surface area contributed by atoms with Gasteiger partial charge in [0.1, 0.15) is 5.75 Å². The summed E-state index contributed by atoms with van der Waals surface area (Å²) in [7, 11) is 0. The number of thiazole rings is 1. The second-order valence-electron chi connectivity index (χ2n) is 4.30. The van der Waals surface area contributed by atoms with Crippen molar-refractivity contribution in [2.75, 3.05) is 13.2 Å². The fourth-order valence-electron chi connectivity index (χ4n) is 1.97. The summed E-state index contributed by atoms with van der Waals surface area (Å²) in [5.41, 5.74) is 4.19. The average Bonchev–Trinajstić information content (AvgIpc) is 2.95. The largest absolute Gasteiger partial charge is 0.494 e. The van der Waals surface area contributed by atoms with Gasteiger partial charge in [-0.1, -0.05) is 19.1 Å². The van der Waals surface area contributed by atoms with Crippen LogP contribution in [0.25, 0.3) is 0 Å². The number of nitrogens with zero attached hydrogens (tertiary/aromatic N) is 1. The molecule has 0 bridgehead atoms. The zero-order valence-electron chi connectivity index (χ0n) is 11.4. The van der Waals surface area contributed by atoms with Crippen molar-refractivity contribution >= 4 is 11.3 Å². The first-order chi connectivity index (χ1) is 9.35. The minimum Gasteiger partial charge on any atom is -0.494 e. The van der Waals surface area contributed by atoms with Gasteiger partial charge < -0.3 is 10.1 Å². The van der Waals surface area contributed by atoms with E-state index in [1.807, 2.05) is 24.6 Å². The van der Waals surface area contributed by atoms with Crippen molar-refractivity contribution in [3.05, 3.63) is 46.4 Å². The Kier molecular flexibility index (Phi) is 5.36. The van der Waals surface area contributed by atoms with Gasteiger partial charge in [0.25, 0.3) is 0 Å². The van der Waals surface area contributed by atoms with Crippen molar-refractivity contribution in [2.45, 2.75) is 26.3 Å². The molecule has 0 saturated carbocycles. The van der Waals surface area contributed by atoms with Crippen molar-refractivity contribution in [1.29, 1.82) is 0 Å². The smallest absolute Gasteiger partial charge is 0.119 e. The summed E-state index contributed by atoms with van der Waals surface area (Å²) in [4.78, 5) is 4.43. The van der Waals surface area contributed by atoms with E-state index in [-0.39, 0.29) is 6.04 Å². The Morgan fingerprint density at radius 3 is 2.63 bits per heavy atom. The maximum absolute atomic E-state index is 5.48. The quantitative estimate of drug-likeness (QED) is 0.838. The van der Waals surface area contributed by atoms with Crippen LogP contribution in [0.15, 0.2) is 35.2 Å². The molecule has 1 aromatic heterocycles. The molecular formula is C15H20N2OS. The summed E-state index contributed by atoms with van der Waals surface area (Å²) in [5.74, 6) is 0.916. The maximum Gasteiger partial charge on any atom is 0.119 e. The third kappa shape index (κ3) is 3.78. The summed E-state index contributed by atoms with van der Waals surface area (Å²) in [6, 6.07) is 8.43. The zero-order chi connectivity index (χ0) is 13.5. The summed E-state index contributed by atoms with van der Waals surface area (Å²) in [6.07, 6.45) is 1.11. The summed E-state index contributed by atoms with van der Waals surface area (Å²) in [6.45, 7) is 5.84. The third-order valence-electron chi connectivity index (χ3n) is 2.87. The van der Waals surface area contributed by atoms with Gasteiger partial charge >= 0.3 is 0 Å². The van der Waals surface area contributed by atoms with E-state index in [2.05, 4.69) is 34.7 Å². The topological polar surface area (TPSA) is 34.1 Å². The van der Waals surface area contributed by atoms with Crippen molar-refractivity contribution in [3.8, 4) is 5.75 Å². The Morgan fingerprint density at radius 2 is 2.05 bits per heavy atom. The molecule has 102 valence electrons. The lowest BCUT2D eigenvalue weighted by atomic mass is 10.0. The highest BCUT2D eigenvalue weighted by Crippen LogP contribution is 2.24. The fourth-order valence-corrected chi connectivity index (χ4v) is 2.55. The average molecular weight is 276 g/mol. The molecule has 3 nitrogen and oxygen atoms in total. The molecule has 2 aromatic rings. The molecule has 0 amide bonds. The Hall–Kier alpha value is -1.39. The van der Waals surface area contributed by atoms with Crippen LogP contribution >= 0.6 is 11.3 Å². The Bertz CT molecular complexity index is 467. The second-order valence-corrected chi connectivity index (χ2v) is 5.02. The molecule has 4 heteroatoms. The van der Waals surface area contributed by atoms with Crippen molar-refractivity contribution in [2.24, 2.45) is 0 Å². The van der Waals surface area contributed by atoms with Crippen LogP contribution in [0.2, 0.25) is 0 Å². The first-order valence-electron chi connectivity index (χ1n) is 6.69. The van der Waals surface area contributed by atoms with Gasteiger partial charge in [0.05, 0.1) is 23.9 Å². The van der Waals surface area contributed by atoms with Crippen LogP contribution in [0.1, 0.15) is 37.6 Å². The minimum absolute atomic E-state index is 0.168. The van der Waals surface area contributed by atoms with E-state index in [4.69, 9.17) is 4.74 Å². The van der Waals surface area contributed by atoms with Crippen molar-refractivity contribution < 1.29 is 4.74 Å². The minimum atomic E-state index is 0.168. The summed E-state index contributed by atoms with van der Waals surface area (Å²) in [5, 5.41) is 5.64. The second kappa shape index (κ2) is 7.26. The number of rotatable bonds is 7. The Morgan fingerprint density at radius 1 is 1.26 bits per heavy atom. The van der Waals surface area contributed by atoms with Gasteiger partial charge in [-0.15, -0.1) is 11.3 Å².